The lowest BCUT2D eigenvalue weighted by Crippen LogP contribution is -2.31. The van der Waals surface area contributed by atoms with Crippen molar-refractivity contribution in [3.63, 3.8) is 0 Å². The fourth-order valence-electron chi connectivity index (χ4n) is 3.64. The normalized spacial score (nSPS) is 16.6. The SMILES string of the molecule is O=C(c1ccc2ccccc2n1)N1CCC(Oc2ccc3ccccc3n2)C1. The molecule has 5 nitrogen and oxygen atoms in total. The van der Waals surface area contributed by atoms with Crippen LogP contribution in [-0.2, 0) is 0 Å². The predicted octanol–water partition coefficient (Wildman–Crippen LogP) is 4.08. The molecule has 3 heterocycles. The van der Waals surface area contributed by atoms with E-state index in [-0.39, 0.29) is 12.0 Å². The Kier molecular flexibility index (Phi) is 4.13. The van der Waals surface area contributed by atoms with Gasteiger partial charge in [0, 0.05) is 29.8 Å². The van der Waals surface area contributed by atoms with Crippen LogP contribution >= 0.6 is 0 Å². The maximum atomic E-state index is 12.9. The van der Waals surface area contributed by atoms with Gasteiger partial charge in [0.05, 0.1) is 17.6 Å². The van der Waals surface area contributed by atoms with Crippen molar-refractivity contribution in [2.24, 2.45) is 0 Å². The van der Waals surface area contributed by atoms with Crippen LogP contribution in [0.3, 0.4) is 0 Å². The number of hydrogen-bond donors (Lipinski definition) is 0. The quantitative estimate of drug-likeness (QED) is 0.546. The van der Waals surface area contributed by atoms with E-state index in [9.17, 15) is 4.79 Å². The van der Waals surface area contributed by atoms with Gasteiger partial charge in [0.2, 0.25) is 5.88 Å². The number of carbonyl (C=O) groups excluding carboxylic acids is 1. The topological polar surface area (TPSA) is 55.3 Å². The molecule has 0 radical (unpaired) electrons. The third-order valence-electron chi connectivity index (χ3n) is 5.11. The summed E-state index contributed by atoms with van der Waals surface area (Å²) in [7, 11) is 0. The first-order valence-corrected chi connectivity index (χ1v) is 9.44. The van der Waals surface area contributed by atoms with E-state index < -0.39 is 0 Å². The van der Waals surface area contributed by atoms with E-state index in [1.54, 1.807) is 6.07 Å². The molecule has 0 saturated carbocycles. The number of hydrogen-bond acceptors (Lipinski definition) is 4. The molecule has 5 heteroatoms. The Morgan fingerprint density at radius 2 is 1.54 bits per heavy atom. The van der Waals surface area contributed by atoms with Crippen LogP contribution in [0.2, 0.25) is 0 Å². The van der Waals surface area contributed by atoms with Crippen molar-refractivity contribution >= 4 is 27.7 Å². The first kappa shape index (κ1) is 16.7. The molecular formula is C23H19N3O2. The third kappa shape index (κ3) is 3.16. The minimum absolute atomic E-state index is 0.0525. The summed E-state index contributed by atoms with van der Waals surface area (Å²) >= 11 is 0. The second kappa shape index (κ2) is 6.93. The van der Waals surface area contributed by atoms with Crippen LogP contribution in [0.1, 0.15) is 16.9 Å². The number of benzene rings is 2. The first-order valence-electron chi connectivity index (χ1n) is 9.44. The van der Waals surface area contributed by atoms with Gasteiger partial charge in [0.1, 0.15) is 11.8 Å². The van der Waals surface area contributed by atoms with Crippen molar-refractivity contribution in [1.82, 2.24) is 14.9 Å². The van der Waals surface area contributed by atoms with Crippen molar-refractivity contribution in [3.8, 4) is 5.88 Å². The fraction of sp³-hybridized carbons (Fsp3) is 0.174. The molecule has 4 aromatic rings. The zero-order chi connectivity index (χ0) is 18.9. The number of pyridine rings is 2. The van der Waals surface area contributed by atoms with E-state index in [1.165, 1.54) is 0 Å². The Morgan fingerprint density at radius 3 is 2.32 bits per heavy atom. The lowest BCUT2D eigenvalue weighted by Gasteiger charge is -2.17. The smallest absolute Gasteiger partial charge is 0.272 e. The molecule has 1 fully saturated rings. The average Bonchev–Trinajstić information content (AvgIpc) is 3.21. The second-order valence-electron chi connectivity index (χ2n) is 7.01. The van der Waals surface area contributed by atoms with Gasteiger partial charge in [-0.1, -0.05) is 42.5 Å². The minimum atomic E-state index is -0.0573. The molecule has 5 rings (SSSR count). The van der Waals surface area contributed by atoms with Gasteiger partial charge >= 0.3 is 0 Å². The second-order valence-corrected chi connectivity index (χ2v) is 7.01. The van der Waals surface area contributed by atoms with Crippen LogP contribution in [0.25, 0.3) is 21.8 Å². The summed E-state index contributed by atoms with van der Waals surface area (Å²) in [5, 5.41) is 2.12. The highest BCUT2D eigenvalue weighted by atomic mass is 16.5. The summed E-state index contributed by atoms with van der Waals surface area (Å²) in [6, 6.07) is 23.4. The van der Waals surface area contributed by atoms with E-state index >= 15 is 0 Å². The summed E-state index contributed by atoms with van der Waals surface area (Å²) in [6.07, 6.45) is 0.728. The van der Waals surface area contributed by atoms with Crippen molar-refractivity contribution in [1.29, 1.82) is 0 Å². The summed E-state index contributed by atoms with van der Waals surface area (Å²) in [4.78, 5) is 23.7. The number of carbonyl (C=O) groups is 1. The van der Waals surface area contributed by atoms with Crippen LogP contribution in [-0.4, -0.2) is 40.0 Å². The number of aromatic nitrogens is 2. The highest BCUT2D eigenvalue weighted by Crippen LogP contribution is 2.21. The van der Waals surface area contributed by atoms with Gasteiger partial charge in [-0.05, 0) is 24.3 Å². The Labute approximate surface area is 162 Å². The molecule has 1 unspecified atom stereocenters. The molecule has 1 saturated heterocycles. The van der Waals surface area contributed by atoms with Crippen molar-refractivity contribution in [3.05, 3.63) is 78.5 Å². The van der Waals surface area contributed by atoms with E-state index in [0.717, 1.165) is 28.2 Å². The van der Waals surface area contributed by atoms with Crippen molar-refractivity contribution in [2.45, 2.75) is 12.5 Å². The molecule has 1 aliphatic heterocycles. The molecule has 0 spiro atoms. The maximum absolute atomic E-state index is 12.9. The van der Waals surface area contributed by atoms with Crippen LogP contribution in [0, 0.1) is 0 Å². The van der Waals surface area contributed by atoms with E-state index in [0.29, 0.717) is 24.7 Å². The Balaban J connectivity index is 1.29. The van der Waals surface area contributed by atoms with E-state index in [2.05, 4.69) is 9.97 Å². The molecule has 1 aliphatic rings. The molecule has 2 aromatic carbocycles. The van der Waals surface area contributed by atoms with Crippen LogP contribution in [0.5, 0.6) is 5.88 Å². The number of nitrogens with zero attached hydrogens (tertiary/aromatic N) is 3. The van der Waals surface area contributed by atoms with Crippen LogP contribution < -0.4 is 4.74 Å². The lowest BCUT2D eigenvalue weighted by molar-refractivity contribution is 0.0766. The number of ether oxygens (including phenoxy) is 1. The van der Waals surface area contributed by atoms with Crippen LogP contribution in [0.15, 0.2) is 72.8 Å². The first-order chi connectivity index (χ1) is 13.8. The molecule has 138 valence electrons. The fourth-order valence-corrected chi connectivity index (χ4v) is 3.64. The minimum Gasteiger partial charge on any atom is -0.472 e. The zero-order valence-corrected chi connectivity index (χ0v) is 15.3. The van der Waals surface area contributed by atoms with Crippen LogP contribution in [0.4, 0.5) is 0 Å². The van der Waals surface area contributed by atoms with Gasteiger partial charge in [-0.25, -0.2) is 9.97 Å². The highest BCUT2D eigenvalue weighted by molar-refractivity contribution is 5.95. The lowest BCUT2D eigenvalue weighted by atomic mass is 10.2. The molecule has 0 aliphatic carbocycles. The summed E-state index contributed by atoms with van der Waals surface area (Å²) in [5.74, 6) is 0.546. The molecular weight excluding hydrogens is 350 g/mol. The van der Waals surface area contributed by atoms with Gasteiger partial charge < -0.3 is 9.64 Å². The number of amides is 1. The number of rotatable bonds is 3. The molecule has 2 aromatic heterocycles. The van der Waals surface area contributed by atoms with E-state index in [1.807, 2.05) is 71.6 Å². The average molecular weight is 369 g/mol. The summed E-state index contributed by atoms with van der Waals surface area (Å²) < 4.78 is 6.04. The van der Waals surface area contributed by atoms with Gasteiger partial charge in [-0.15, -0.1) is 0 Å². The van der Waals surface area contributed by atoms with Crippen molar-refractivity contribution < 1.29 is 9.53 Å². The monoisotopic (exact) mass is 369 g/mol. The summed E-state index contributed by atoms with van der Waals surface area (Å²) in [5.41, 5.74) is 2.22. The number of para-hydroxylation sites is 2. The van der Waals surface area contributed by atoms with Gasteiger partial charge in [0.25, 0.3) is 5.91 Å². The molecule has 28 heavy (non-hydrogen) atoms. The van der Waals surface area contributed by atoms with Gasteiger partial charge in [-0.3, -0.25) is 4.79 Å². The molecule has 1 atom stereocenters. The number of likely N-dealkylation sites (tertiary alicyclic amines) is 1. The maximum Gasteiger partial charge on any atom is 0.272 e. The van der Waals surface area contributed by atoms with Gasteiger partial charge in [-0.2, -0.15) is 0 Å². The molecule has 0 bridgehead atoms. The van der Waals surface area contributed by atoms with Gasteiger partial charge in [0.15, 0.2) is 0 Å². The zero-order valence-electron chi connectivity index (χ0n) is 15.3. The highest BCUT2D eigenvalue weighted by Gasteiger charge is 2.29. The standard InChI is InChI=1S/C23H19N3O2/c27-23(21-11-9-16-5-1-3-7-19(16)24-21)26-14-13-18(15-26)28-22-12-10-17-6-2-4-8-20(17)25-22/h1-12,18H,13-15H2. The van der Waals surface area contributed by atoms with Crippen molar-refractivity contribution in [2.75, 3.05) is 13.1 Å². The largest absolute Gasteiger partial charge is 0.472 e. The van der Waals surface area contributed by atoms with E-state index in [4.69, 9.17) is 4.74 Å². The third-order valence-corrected chi connectivity index (χ3v) is 5.11. The predicted molar refractivity (Wildman–Crippen MR) is 108 cm³/mol. The molecule has 1 amide bonds. The Morgan fingerprint density at radius 1 is 0.857 bits per heavy atom. The Hall–Kier alpha value is -3.47. The molecule has 0 N–H and O–H groups in total. The number of fused-ring (bicyclic) bond motifs is 2. The Bertz CT molecular complexity index is 1170. The summed E-state index contributed by atoms with van der Waals surface area (Å²) in [6.45, 7) is 1.20.